The topological polar surface area (TPSA) is 95.0 Å². The standard InChI is InChI=1S/C21H19N5O2S/c1-26-9-3-6-21(28,20(26)27)14-5-2-4-13(10-14)16-12-29-19(25-16)15-11-24-18-17(15)22-7-8-23-18/h2,4-5,7-8,10-12,28H,3,6,9H2,1H3,(H,23,24)/t21-/m1/s1. The van der Waals surface area contributed by atoms with E-state index in [4.69, 9.17) is 4.98 Å². The fourth-order valence-corrected chi connectivity index (χ4v) is 4.69. The summed E-state index contributed by atoms with van der Waals surface area (Å²) in [5.41, 5.74) is 3.21. The van der Waals surface area contributed by atoms with Crippen LogP contribution in [0.25, 0.3) is 33.0 Å². The van der Waals surface area contributed by atoms with Crippen LogP contribution in [0.2, 0.25) is 0 Å². The van der Waals surface area contributed by atoms with Crippen molar-refractivity contribution < 1.29 is 9.90 Å². The molecule has 7 nitrogen and oxygen atoms in total. The van der Waals surface area contributed by atoms with Crippen molar-refractivity contribution in [3.8, 4) is 21.8 Å². The molecule has 0 radical (unpaired) electrons. The maximum atomic E-state index is 12.6. The van der Waals surface area contributed by atoms with Gasteiger partial charge >= 0.3 is 0 Å². The lowest BCUT2D eigenvalue weighted by Crippen LogP contribution is -2.49. The molecule has 1 fully saturated rings. The molecule has 8 heteroatoms. The van der Waals surface area contributed by atoms with Gasteiger partial charge in [-0.2, -0.15) is 0 Å². The van der Waals surface area contributed by atoms with Gasteiger partial charge in [0, 0.05) is 43.1 Å². The van der Waals surface area contributed by atoms with E-state index in [2.05, 4.69) is 15.0 Å². The van der Waals surface area contributed by atoms with E-state index in [0.29, 0.717) is 18.5 Å². The van der Waals surface area contributed by atoms with Crippen molar-refractivity contribution in [2.75, 3.05) is 13.6 Å². The third-order valence-electron chi connectivity index (χ3n) is 5.41. The molecule has 4 aromatic rings. The predicted octanol–water partition coefficient (Wildman–Crippen LogP) is 3.19. The molecule has 1 aromatic carbocycles. The number of nitrogens with one attached hydrogen (secondary N) is 1. The first-order valence-corrected chi connectivity index (χ1v) is 10.3. The van der Waals surface area contributed by atoms with Gasteiger partial charge in [-0.1, -0.05) is 18.2 Å². The number of likely N-dealkylation sites (N-methyl/N-ethyl adjacent to an activating group) is 1. The highest BCUT2D eigenvalue weighted by atomic mass is 32.1. The summed E-state index contributed by atoms with van der Waals surface area (Å²) in [6.45, 7) is 0.670. The molecule has 29 heavy (non-hydrogen) atoms. The number of hydrogen-bond donors (Lipinski definition) is 2. The van der Waals surface area contributed by atoms with Gasteiger partial charge in [0.15, 0.2) is 11.2 Å². The van der Waals surface area contributed by atoms with Crippen LogP contribution >= 0.6 is 11.3 Å². The zero-order valence-corrected chi connectivity index (χ0v) is 16.6. The number of carbonyl (C=O) groups excluding carboxylic acids is 1. The Bertz CT molecular complexity index is 1220. The minimum atomic E-state index is -1.48. The quantitative estimate of drug-likeness (QED) is 0.546. The Morgan fingerprint density at radius 1 is 1.28 bits per heavy atom. The number of aliphatic hydroxyl groups is 1. The number of fused-ring (bicyclic) bond motifs is 1. The second-order valence-corrected chi connectivity index (χ2v) is 8.12. The lowest BCUT2D eigenvalue weighted by molar-refractivity contribution is -0.156. The molecular formula is C21H19N5O2S. The molecule has 0 spiro atoms. The smallest absolute Gasteiger partial charge is 0.258 e. The van der Waals surface area contributed by atoms with E-state index >= 15 is 0 Å². The summed E-state index contributed by atoms with van der Waals surface area (Å²) in [4.78, 5) is 30.8. The van der Waals surface area contributed by atoms with Gasteiger partial charge in [0.25, 0.3) is 5.91 Å². The Kier molecular flexibility index (Phi) is 4.18. The van der Waals surface area contributed by atoms with Gasteiger partial charge in [-0.3, -0.25) is 9.78 Å². The highest BCUT2D eigenvalue weighted by molar-refractivity contribution is 7.13. The number of hydrogen-bond acceptors (Lipinski definition) is 6. The summed E-state index contributed by atoms with van der Waals surface area (Å²) >= 11 is 1.52. The first-order valence-electron chi connectivity index (χ1n) is 9.39. The van der Waals surface area contributed by atoms with E-state index in [1.807, 2.05) is 35.8 Å². The number of thiazole rings is 1. The molecule has 0 unspecified atom stereocenters. The van der Waals surface area contributed by atoms with Crippen molar-refractivity contribution in [3.63, 3.8) is 0 Å². The largest absolute Gasteiger partial charge is 0.375 e. The molecule has 2 N–H and O–H groups in total. The maximum Gasteiger partial charge on any atom is 0.258 e. The van der Waals surface area contributed by atoms with Crippen molar-refractivity contribution in [1.82, 2.24) is 24.8 Å². The van der Waals surface area contributed by atoms with E-state index in [1.165, 1.54) is 11.3 Å². The molecular weight excluding hydrogens is 386 g/mol. The van der Waals surface area contributed by atoms with Crippen LogP contribution in [0.3, 0.4) is 0 Å². The van der Waals surface area contributed by atoms with E-state index in [9.17, 15) is 9.90 Å². The molecule has 0 aliphatic carbocycles. The van der Waals surface area contributed by atoms with E-state index in [0.717, 1.165) is 39.4 Å². The van der Waals surface area contributed by atoms with Gasteiger partial charge in [-0.15, -0.1) is 11.3 Å². The third kappa shape index (κ3) is 2.92. The first-order chi connectivity index (χ1) is 14.1. The average Bonchev–Trinajstić information content (AvgIpc) is 3.39. The van der Waals surface area contributed by atoms with Crippen LogP contribution < -0.4 is 0 Å². The zero-order chi connectivity index (χ0) is 20.0. The van der Waals surface area contributed by atoms with Gasteiger partial charge in [0.1, 0.15) is 10.5 Å². The second kappa shape index (κ2) is 6.75. The average molecular weight is 405 g/mol. The van der Waals surface area contributed by atoms with Crippen molar-refractivity contribution >= 4 is 28.4 Å². The Labute approximate surface area is 171 Å². The number of piperidine rings is 1. The van der Waals surface area contributed by atoms with E-state index < -0.39 is 5.60 Å². The normalized spacial score (nSPS) is 19.8. The molecule has 0 saturated carbocycles. The summed E-state index contributed by atoms with van der Waals surface area (Å²) < 4.78 is 0. The van der Waals surface area contributed by atoms with E-state index in [-0.39, 0.29) is 5.91 Å². The maximum absolute atomic E-state index is 12.6. The van der Waals surface area contributed by atoms with Crippen LogP contribution in [0.4, 0.5) is 0 Å². The predicted molar refractivity (Wildman–Crippen MR) is 111 cm³/mol. The fourth-order valence-electron chi connectivity index (χ4n) is 3.84. The lowest BCUT2D eigenvalue weighted by Gasteiger charge is -2.36. The van der Waals surface area contributed by atoms with Crippen molar-refractivity contribution in [2.24, 2.45) is 0 Å². The Morgan fingerprint density at radius 2 is 2.14 bits per heavy atom. The summed E-state index contributed by atoms with van der Waals surface area (Å²) in [5, 5.41) is 13.9. The number of rotatable bonds is 3. The Balaban J connectivity index is 1.52. The van der Waals surface area contributed by atoms with Gasteiger partial charge in [-0.05, 0) is 24.5 Å². The van der Waals surface area contributed by atoms with Crippen LogP contribution in [-0.2, 0) is 10.4 Å². The molecule has 146 valence electrons. The first kappa shape index (κ1) is 18.0. The van der Waals surface area contributed by atoms with Crippen LogP contribution in [0, 0.1) is 0 Å². The molecule has 1 saturated heterocycles. The highest BCUT2D eigenvalue weighted by Gasteiger charge is 2.42. The molecule has 1 amide bonds. The van der Waals surface area contributed by atoms with Crippen LogP contribution in [0.15, 0.2) is 48.2 Å². The number of nitrogens with zero attached hydrogens (tertiary/aromatic N) is 4. The van der Waals surface area contributed by atoms with Crippen molar-refractivity contribution in [1.29, 1.82) is 0 Å². The van der Waals surface area contributed by atoms with E-state index in [1.54, 1.807) is 24.3 Å². The summed E-state index contributed by atoms with van der Waals surface area (Å²) in [7, 11) is 1.73. The van der Waals surface area contributed by atoms with Crippen LogP contribution in [0.1, 0.15) is 18.4 Å². The van der Waals surface area contributed by atoms with Gasteiger partial charge < -0.3 is 15.0 Å². The highest BCUT2D eigenvalue weighted by Crippen LogP contribution is 2.36. The number of likely N-dealkylation sites (tertiary alicyclic amines) is 1. The molecule has 5 rings (SSSR count). The van der Waals surface area contributed by atoms with Gasteiger partial charge in [0.2, 0.25) is 0 Å². The third-order valence-corrected chi connectivity index (χ3v) is 6.29. The second-order valence-electron chi connectivity index (χ2n) is 7.27. The molecule has 4 heterocycles. The molecule has 1 aliphatic heterocycles. The summed E-state index contributed by atoms with van der Waals surface area (Å²) in [5.74, 6) is -0.253. The monoisotopic (exact) mass is 405 g/mol. The van der Waals surface area contributed by atoms with Crippen LogP contribution in [0.5, 0.6) is 0 Å². The van der Waals surface area contributed by atoms with Gasteiger partial charge in [0.05, 0.1) is 11.3 Å². The van der Waals surface area contributed by atoms with Crippen molar-refractivity contribution in [3.05, 3.63) is 53.8 Å². The summed E-state index contributed by atoms with van der Waals surface area (Å²) in [6, 6.07) is 7.48. The lowest BCUT2D eigenvalue weighted by atomic mass is 9.84. The molecule has 0 bridgehead atoms. The Morgan fingerprint density at radius 3 is 3.03 bits per heavy atom. The Hall–Kier alpha value is -3.10. The van der Waals surface area contributed by atoms with Crippen LogP contribution in [-0.4, -0.2) is 49.4 Å². The number of benzene rings is 1. The zero-order valence-electron chi connectivity index (χ0n) is 15.8. The van der Waals surface area contributed by atoms with Gasteiger partial charge in [-0.25, -0.2) is 9.97 Å². The molecule has 3 aromatic heterocycles. The molecule has 1 aliphatic rings. The number of carbonyl (C=O) groups is 1. The minimum Gasteiger partial charge on any atom is -0.375 e. The SMILES string of the molecule is CN1CCC[C@@](O)(c2cccc(-c3csc(-c4c[nH]c5nccnc45)n3)c2)C1=O. The summed E-state index contributed by atoms with van der Waals surface area (Å²) in [6.07, 6.45) is 6.37. The number of H-pyrrole nitrogens is 1. The number of aromatic amines is 1. The molecule has 1 atom stereocenters. The number of amides is 1. The fraction of sp³-hybridized carbons (Fsp3) is 0.238. The minimum absolute atomic E-state index is 0.253. The van der Waals surface area contributed by atoms with Crippen molar-refractivity contribution in [2.45, 2.75) is 18.4 Å². The number of aromatic nitrogens is 4.